The smallest absolute Gasteiger partial charge is 0.165 e. The minimum Gasteiger partial charge on any atom is -0.494 e. The molecule has 4 nitrogen and oxygen atoms in total. The number of rotatable bonds is 4. The number of imidazole rings is 1. The van der Waals surface area contributed by atoms with Crippen LogP contribution in [0.15, 0.2) is 30.6 Å². The molecule has 0 saturated carbocycles. The van der Waals surface area contributed by atoms with E-state index in [-0.39, 0.29) is 11.8 Å². The number of aryl methyl sites for hydroxylation is 1. The van der Waals surface area contributed by atoms with Gasteiger partial charge in [0, 0.05) is 31.9 Å². The highest BCUT2D eigenvalue weighted by Crippen LogP contribution is 2.22. The Hall–Kier alpha value is -1.88. The van der Waals surface area contributed by atoms with Gasteiger partial charge in [0.15, 0.2) is 11.6 Å². The standard InChI is InChI=1S/C13H16FN3O/c1-17-6-5-16-13(17)8-11(15)9-3-4-12(18-2)10(14)7-9/h3-7,11H,8,15H2,1-2H3. The quantitative estimate of drug-likeness (QED) is 0.899. The molecule has 0 fully saturated rings. The summed E-state index contributed by atoms with van der Waals surface area (Å²) in [7, 11) is 3.34. The van der Waals surface area contributed by atoms with Gasteiger partial charge in [-0.2, -0.15) is 0 Å². The molecule has 0 radical (unpaired) electrons. The van der Waals surface area contributed by atoms with Crippen molar-refractivity contribution in [3.05, 3.63) is 47.8 Å². The van der Waals surface area contributed by atoms with E-state index in [4.69, 9.17) is 10.5 Å². The SMILES string of the molecule is COc1ccc(C(N)Cc2nccn2C)cc1F. The highest BCUT2D eigenvalue weighted by Gasteiger charge is 2.12. The lowest BCUT2D eigenvalue weighted by molar-refractivity contribution is 0.386. The van der Waals surface area contributed by atoms with Gasteiger partial charge in [-0.1, -0.05) is 6.07 Å². The molecule has 0 bridgehead atoms. The first-order chi connectivity index (χ1) is 8.61. The van der Waals surface area contributed by atoms with Crippen LogP contribution in [0.3, 0.4) is 0 Å². The Bertz CT molecular complexity index is 539. The van der Waals surface area contributed by atoms with Crippen molar-refractivity contribution < 1.29 is 9.13 Å². The first kappa shape index (κ1) is 12.6. The molecule has 2 N–H and O–H groups in total. The molecular weight excluding hydrogens is 233 g/mol. The van der Waals surface area contributed by atoms with Crippen molar-refractivity contribution in [2.45, 2.75) is 12.5 Å². The first-order valence-electron chi connectivity index (χ1n) is 5.67. The summed E-state index contributed by atoms with van der Waals surface area (Å²) in [4.78, 5) is 4.20. The minimum atomic E-state index is -0.398. The Balaban J connectivity index is 2.16. The van der Waals surface area contributed by atoms with Crippen LogP contribution in [0, 0.1) is 5.82 Å². The molecule has 1 aromatic carbocycles. The molecule has 2 aromatic rings. The Kier molecular flexibility index (Phi) is 3.62. The number of nitrogens with zero attached hydrogens (tertiary/aromatic N) is 2. The van der Waals surface area contributed by atoms with Crippen LogP contribution in [-0.2, 0) is 13.5 Å². The second-order valence-electron chi connectivity index (χ2n) is 4.16. The van der Waals surface area contributed by atoms with E-state index in [1.54, 1.807) is 18.3 Å². The molecular formula is C13H16FN3O. The molecule has 1 unspecified atom stereocenters. The second-order valence-corrected chi connectivity index (χ2v) is 4.16. The topological polar surface area (TPSA) is 53.1 Å². The van der Waals surface area contributed by atoms with Gasteiger partial charge in [-0.3, -0.25) is 0 Å². The molecule has 0 aliphatic rings. The minimum absolute atomic E-state index is 0.225. The summed E-state index contributed by atoms with van der Waals surface area (Å²) >= 11 is 0. The average Bonchev–Trinajstić information content (AvgIpc) is 2.75. The average molecular weight is 249 g/mol. The highest BCUT2D eigenvalue weighted by molar-refractivity contribution is 5.31. The van der Waals surface area contributed by atoms with E-state index in [9.17, 15) is 4.39 Å². The van der Waals surface area contributed by atoms with Crippen molar-refractivity contribution in [1.82, 2.24) is 9.55 Å². The summed E-state index contributed by atoms with van der Waals surface area (Å²) in [6, 6.07) is 4.48. The third kappa shape index (κ3) is 2.51. The monoisotopic (exact) mass is 249 g/mol. The molecule has 18 heavy (non-hydrogen) atoms. The zero-order valence-corrected chi connectivity index (χ0v) is 10.4. The summed E-state index contributed by atoms with van der Waals surface area (Å²) in [5, 5.41) is 0. The summed E-state index contributed by atoms with van der Waals surface area (Å²) in [5.41, 5.74) is 6.79. The molecule has 5 heteroatoms. The summed E-state index contributed by atoms with van der Waals surface area (Å²) in [6.45, 7) is 0. The van der Waals surface area contributed by atoms with E-state index >= 15 is 0 Å². The maximum atomic E-state index is 13.6. The van der Waals surface area contributed by atoms with E-state index in [2.05, 4.69) is 4.98 Å². The zero-order chi connectivity index (χ0) is 13.1. The van der Waals surface area contributed by atoms with Crippen LogP contribution in [-0.4, -0.2) is 16.7 Å². The van der Waals surface area contributed by atoms with Gasteiger partial charge in [0.1, 0.15) is 5.82 Å². The van der Waals surface area contributed by atoms with Crippen LogP contribution in [0.5, 0.6) is 5.75 Å². The summed E-state index contributed by atoms with van der Waals surface area (Å²) in [5.74, 6) is 0.701. The normalized spacial score (nSPS) is 12.4. The highest BCUT2D eigenvalue weighted by atomic mass is 19.1. The van der Waals surface area contributed by atoms with Gasteiger partial charge in [-0.15, -0.1) is 0 Å². The Labute approximate surface area is 105 Å². The molecule has 0 saturated heterocycles. The molecule has 1 atom stereocenters. The maximum Gasteiger partial charge on any atom is 0.165 e. The fraction of sp³-hybridized carbons (Fsp3) is 0.308. The van der Waals surface area contributed by atoms with Gasteiger partial charge in [0.05, 0.1) is 7.11 Å². The number of nitrogens with two attached hydrogens (primary N) is 1. The van der Waals surface area contributed by atoms with Crippen molar-refractivity contribution >= 4 is 0 Å². The molecule has 0 spiro atoms. The van der Waals surface area contributed by atoms with Gasteiger partial charge >= 0.3 is 0 Å². The van der Waals surface area contributed by atoms with Gasteiger partial charge in [0.25, 0.3) is 0 Å². The Morgan fingerprint density at radius 3 is 2.83 bits per heavy atom. The number of methoxy groups -OCH3 is 1. The molecule has 96 valence electrons. The Morgan fingerprint density at radius 1 is 1.50 bits per heavy atom. The van der Waals surface area contributed by atoms with Gasteiger partial charge < -0.3 is 15.0 Å². The van der Waals surface area contributed by atoms with Gasteiger partial charge in [0.2, 0.25) is 0 Å². The first-order valence-corrected chi connectivity index (χ1v) is 5.67. The number of aromatic nitrogens is 2. The largest absolute Gasteiger partial charge is 0.494 e. The van der Waals surface area contributed by atoms with E-state index in [1.807, 2.05) is 17.8 Å². The fourth-order valence-corrected chi connectivity index (χ4v) is 1.82. The molecule has 1 aromatic heterocycles. The van der Waals surface area contributed by atoms with E-state index in [0.717, 1.165) is 11.4 Å². The lowest BCUT2D eigenvalue weighted by Gasteiger charge is -2.13. The van der Waals surface area contributed by atoms with Crippen molar-refractivity contribution in [3.63, 3.8) is 0 Å². The molecule has 0 aliphatic carbocycles. The van der Waals surface area contributed by atoms with Crippen LogP contribution in [0.1, 0.15) is 17.4 Å². The van der Waals surface area contributed by atoms with Crippen LogP contribution >= 0.6 is 0 Å². The van der Waals surface area contributed by atoms with Crippen molar-refractivity contribution in [1.29, 1.82) is 0 Å². The number of benzene rings is 1. The van der Waals surface area contributed by atoms with Crippen molar-refractivity contribution in [2.75, 3.05) is 7.11 Å². The third-order valence-electron chi connectivity index (χ3n) is 2.93. The fourth-order valence-electron chi connectivity index (χ4n) is 1.82. The van der Waals surface area contributed by atoms with E-state index in [1.165, 1.54) is 13.2 Å². The number of hydrogen-bond acceptors (Lipinski definition) is 3. The lowest BCUT2D eigenvalue weighted by atomic mass is 10.0. The van der Waals surface area contributed by atoms with Crippen LogP contribution in [0.4, 0.5) is 4.39 Å². The van der Waals surface area contributed by atoms with Gasteiger partial charge in [-0.25, -0.2) is 9.37 Å². The van der Waals surface area contributed by atoms with Crippen molar-refractivity contribution in [3.8, 4) is 5.75 Å². The van der Waals surface area contributed by atoms with Gasteiger partial charge in [-0.05, 0) is 17.7 Å². The van der Waals surface area contributed by atoms with Crippen LogP contribution in [0.25, 0.3) is 0 Å². The number of halogens is 1. The zero-order valence-electron chi connectivity index (χ0n) is 10.4. The van der Waals surface area contributed by atoms with E-state index in [0.29, 0.717) is 6.42 Å². The number of ether oxygens (including phenoxy) is 1. The second kappa shape index (κ2) is 5.18. The van der Waals surface area contributed by atoms with Crippen LogP contribution in [0.2, 0.25) is 0 Å². The third-order valence-corrected chi connectivity index (χ3v) is 2.93. The number of hydrogen-bond donors (Lipinski definition) is 1. The predicted octanol–water partition coefficient (Wildman–Crippen LogP) is 1.81. The molecule has 0 aliphatic heterocycles. The molecule has 2 rings (SSSR count). The molecule has 1 heterocycles. The van der Waals surface area contributed by atoms with E-state index < -0.39 is 5.82 Å². The maximum absolute atomic E-state index is 13.6. The summed E-state index contributed by atoms with van der Waals surface area (Å²) < 4.78 is 20.3. The summed E-state index contributed by atoms with van der Waals surface area (Å²) in [6.07, 6.45) is 4.14. The van der Waals surface area contributed by atoms with Crippen LogP contribution < -0.4 is 10.5 Å². The lowest BCUT2D eigenvalue weighted by Crippen LogP contribution is -2.16. The Morgan fingerprint density at radius 2 is 2.28 bits per heavy atom. The van der Waals surface area contributed by atoms with Crippen molar-refractivity contribution in [2.24, 2.45) is 12.8 Å². The molecule has 0 amide bonds. The predicted molar refractivity (Wildman–Crippen MR) is 66.8 cm³/mol.